The van der Waals surface area contributed by atoms with E-state index in [0.717, 1.165) is 63.1 Å². The lowest BCUT2D eigenvalue weighted by Crippen LogP contribution is -2.45. The van der Waals surface area contributed by atoms with Crippen LogP contribution in [0.3, 0.4) is 0 Å². The van der Waals surface area contributed by atoms with Gasteiger partial charge in [0, 0.05) is 44.2 Å². The molecule has 1 aliphatic heterocycles. The second-order valence-corrected chi connectivity index (χ2v) is 15.2. The number of nitrogens with zero attached hydrogens (tertiary/aromatic N) is 10. The highest BCUT2D eigenvalue weighted by Crippen LogP contribution is 2.35. The number of anilines is 2. The van der Waals surface area contributed by atoms with Gasteiger partial charge in [-0.2, -0.15) is 5.26 Å². The van der Waals surface area contributed by atoms with E-state index < -0.39 is 0 Å². The van der Waals surface area contributed by atoms with Crippen molar-refractivity contribution in [3.8, 4) is 28.8 Å². The number of aromatic nitrogens is 8. The van der Waals surface area contributed by atoms with Crippen LogP contribution in [0.5, 0.6) is 11.6 Å². The monoisotopic (exact) mass is 893 g/mol. The smallest absolute Gasteiger partial charge is 0.257 e. The Hall–Kier alpha value is -4.89. The van der Waals surface area contributed by atoms with Crippen LogP contribution in [-0.4, -0.2) is 183 Å². The van der Waals surface area contributed by atoms with Crippen LogP contribution in [0.2, 0.25) is 0 Å². The molecule has 21 nitrogen and oxygen atoms in total. The summed E-state index contributed by atoms with van der Waals surface area (Å²) >= 11 is 0. The molecule has 0 radical (unpaired) electrons. The molecule has 1 saturated heterocycles. The molecule has 350 valence electrons. The van der Waals surface area contributed by atoms with Gasteiger partial charge in [0.25, 0.3) is 5.88 Å². The SMILES string of the molecule is COCCOCCOCCOCCOCCOCCOCCOc1nn(C2CCC(N3CCOCC3)CC2)cc1Nc1ncc(-c2ccc(C#N)c(O[C@@H](C)Cn3cnnn3)c2)cn1. The fraction of sp³-hybridized carbons (Fsp3) is 0.651. The molecule has 0 spiro atoms. The third-order valence-electron chi connectivity index (χ3n) is 10.6. The summed E-state index contributed by atoms with van der Waals surface area (Å²) in [6.45, 7) is 12.5. The van der Waals surface area contributed by atoms with E-state index in [1.54, 1.807) is 30.3 Å². The topological polar surface area (TPSA) is 219 Å². The number of hydrogen-bond donors (Lipinski definition) is 1. The predicted molar refractivity (Wildman–Crippen MR) is 232 cm³/mol. The Morgan fingerprint density at radius 1 is 0.781 bits per heavy atom. The zero-order chi connectivity index (χ0) is 44.4. The van der Waals surface area contributed by atoms with Crippen LogP contribution in [0, 0.1) is 11.3 Å². The van der Waals surface area contributed by atoms with Crippen molar-refractivity contribution < 1.29 is 47.4 Å². The summed E-state index contributed by atoms with van der Waals surface area (Å²) in [5, 5.41) is 29.2. The molecule has 3 aromatic heterocycles. The molecule has 2 aliphatic rings. The third kappa shape index (κ3) is 16.6. The first kappa shape index (κ1) is 48.6. The molecule has 4 aromatic rings. The maximum Gasteiger partial charge on any atom is 0.257 e. The Bertz CT molecular complexity index is 1900. The number of ether oxygens (including phenoxy) is 10. The molecule has 1 atom stereocenters. The zero-order valence-corrected chi connectivity index (χ0v) is 37.1. The number of nitrogens with one attached hydrogen (secondary N) is 1. The van der Waals surface area contributed by atoms with Crippen LogP contribution in [0.15, 0.2) is 43.1 Å². The van der Waals surface area contributed by atoms with Gasteiger partial charge in [-0.15, -0.1) is 10.2 Å². The van der Waals surface area contributed by atoms with Crippen LogP contribution in [0.1, 0.15) is 44.2 Å². The van der Waals surface area contributed by atoms with Crippen molar-refractivity contribution in [3.05, 3.63) is 48.7 Å². The lowest BCUT2D eigenvalue weighted by Gasteiger charge is -2.38. The van der Waals surface area contributed by atoms with Crippen molar-refractivity contribution in [3.63, 3.8) is 0 Å². The molecule has 4 heterocycles. The lowest BCUT2D eigenvalue weighted by atomic mass is 9.90. The molecular formula is C43H63N11O10. The van der Waals surface area contributed by atoms with Crippen LogP contribution in [-0.2, 0) is 44.4 Å². The second kappa shape index (κ2) is 28.1. The van der Waals surface area contributed by atoms with E-state index >= 15 is 0 Å². The van der Waals surface area contributed by atoms with Gasteiger partial charge in [-0.3, -0.25) is 9.58 Å². The molecule has 2 fully saturated rings. The standard InChI is InChI=1S/C43H63N11O10/c1-34(31-53-33-47-50-51-53)64-41-27-35(3-4-36(41)28-44)37-29-45-43(46-30-37)48-40-32-54(39-7-5-38(6-8-39)52-9-11-56-12-10-52)49-42(40)63-26-25-62-24-23-61-22-21-60-20-19-59-18-17-58-16-15-57-14-13-55-2/h3-4,27,29-30,32-34,38-39H,5-26,31H2,1-2H3,(H,45,46,48)/t34-,38?,39?/m0/s1. The summed E-state index contributed by atoms with van der Waals surface area (Å²) in [6.07, 6.45) is 10.9. The zero-order valence-electron chi connectivity index (χ0n) is 37.1. The number of tetrazole rings is 1. The summed E-state index contributed by atoms with van der Waals surface area (Å²) in [6, 6.07) is 8.41. The summed E-state index contributed by atoms with van der Waals surface area (Å²) in [5.74, 6) is 1.28. The minimum Gasteiger partial charge on any atom is -0.487 e. The highest BCUT2D eigenvalue weighted by molar-refractivity contribution is 5.67. The van der Waals surface area contributed by atoms with Crippen LogP contribution >= 0.6 is 0 Å². The molecule has 1 saturated carbocycles. The molecule has 0 bridgehead atoms. The van der Waals surface area contributed by atoms with Crippen LogP contribution < -0.4 is 14.8 Å². The maximum absolute atomic E-state index is 9.74. The summed E-state index contributed by atoms with van der Waals surface area (Å²) in [7, 11) is 1.64. The first-order chi connectivity index (χ1) is 31.6. The fourth-order valence-corrected chi connectivity index (χ4v) is 7.26. The highest BCUT2D eigenvalue weighted by Gasteiger charge is 2.29. The first-order valence-corrected chi connectivity index (χ1v) is 22.1. The molecule has 0 amide bonds. The molecule has 0 unspecified atom stereocenters. The molecule has 1 N–H and O–H groups in total. The van der Waals surface area contributed by atoms with Gasteiger partial charge in [-0.25, -0.2) is 14.6 Å². The van der Waals surface area contributed by atoms with Gasteiger partial charge in [0.2, 0.25) is 5.95 Å². The van der Waals surface area contributed by atoms with Crippen molar-refractivity contribution in [2.24, 2.45) is 0 Å². The average molecular weight is 894 g/mol. The lowest BCUT2D eigenvalue weighted by molar-refractivity contribution is -0.0199. The van der Waals surface area contributed by atoms with Crippen molar-refractivity contribution in [2.75, 3.05) is 131 Å². The van der Waals surface area contributed by atoms with E-state index in [0.29, 0.717) is 134 Å². The van der Waals surface area contributed by atoms with Gasteiger partial charge in [-0.05, 0) is 60.7 Å². The molecule has 6 rings (SSSR count). The van der Waals surface area contributed by atoms with E-state index in [1.165, 1.54) is 6.33 Å². The van der Waals surface area contributed by atoms with Gasteiger partial charge in [0.15, 0.2) is 0 Å². The number of methoxy groups -OCH3 is 1. The highest BCUT2D eigenvalue weighted by atomic mass is 16.6. The minimum atomic E-state index is -0.292. The molecule has 21 heteroatoms. The summed E-state index contributed by atoms with van der Waals surface area (Å²) < 4.78 is 59.7. The van der Waals surface area contributed by atoms with E-state index in [4.69, 9.17) is 52.5 Å². The molecule has 64 heavy (non-hydrogen) atoms. The second-order valence-electron chi connectivity index (χ2n) is 15.2. The Labute approximate surface area is 374 Å². The number of rotatable bonds is 31. The number of hydrogen-bond acceptors (Lipinski definition) is 19. The average Bonchev–Trinajstić information content (AvgIpc) is 4.00. The molecule has 1 aromatic carbocycles. The Kier molecular flexibility index (Phi) is 21.3. The van der Waals surface area contributed by atoms with E-state index in [-0.39, 0.29) is 12.1 Å². The fourth-order valence-electron chi connectivity index (χ4n) is 7.26. The predicted octanol–water partition coefficient (Wildman–Crippen LogP) is 3.35. The van der Waals surface area contributed by atoms with E-state index in [1.807, 2.05) is 29.9 Å². The summed E-state index contributed by atoms with van der Waals surface area (Å²) in [5.41, 5.74) is 2.63. The molecule has 1 aliphatic carbocycles. The normalized spacial score (nSPS) is 17.3. The van der Waals surface area contributed by atoms with E-state index in [9.17, 15) is 5.26 Å². The maximum atomic E-state index is 9.74. The van der Waals surface area contributed by atoms with Crippen LogP contribution in [0.4, 0.5) is 11.6 Å². The van der Waals surface area contributed by atoms with Gasteiger partial charge in [0.1, 0.15) is 36.5 Å². The Morgan fingerprint density at radius 2 is 1.38 bits per heavy atom. The van der Waals surface area contributed by atoms with Crippen molar-refractivity contribution in [2.45, 2.75) is 57.3 Å². The van der Waals surface area contributed by atoms with Crippen LogP contribution in [0.25, 0.3) is 11.1 Å². The number of benzene rings is 1. The minimum absolute atomic E-state index is 0.244. The summed E-state index contributed by atoms with van der Waals surface area (Å²) in [4.78, 5) is 11.8. The third-order valence-corrected chi connectivity index (χ3v) is 10.6. The van der Waals surface area contributed by atoms with E-state index in [2.05, 4.69) is 41.8 Å². The number of nitriles is 1. The van der Waals surface area contributed by atoms with Crippen molar-refractivity contribution in [1.82, 2.24) is 44.9 Å². The molecular weight excluding hydrogens is 831 g/mol. The quantitative estimate of drug-likeness (QED) is 0.0716. The Morgan fingerprint density at radius 3 is 1.95 bits per heavy atom. The van der Waals surface area contributed by atoms with Gasteiger partial charge < -0.3 is 52.7 Å². The van der Waals surface area contributed by atoms with Gasteiger partial charge in [0.05, 0.1) is 123 Å². The van der Waals surface area contributed by atoms with Crippen molar-refractivity contribution in [1.29, 1.82) is 5.26 Å². The Balaban J connectivity index is 0.935. The first-order valence-electron chi connectivity index (χ1n) is 22.1. The van der Waals surface area contributed by atoms with Crippen molar-refractivity contribution >= 4 is 11.6 Å². The number of morpholine rings is 1. The van der Waals surface area contributed by atoms with Gasteiger partial charge >= 0.3 is 0 Å². The largest absolute Gasteiger partial charge is 0.487 e. The van der Waals surface area contributed by atoms with Gasteiger partial charge in [-0.1, -0.05) is 6.07 Å².